The smallest absolute Gasteiger partial charge is 0.255 e. The molecule has 0 saturated heterocycles. The minimum atomic E-state index is -0.143. The van der Waals surface area contributed by atoms with Crippen LogP contribution in [0.15, 0.2) is 59.7 Å². The Hall–Kier alpha value is -2.82. The third-order valence-electron chi connectivity index (χ3n) is 3.63. The summed E-state index contributed by atoms with van der Waals surface area (Å²) in [7, 11) is 0. The molecule has 0 fully saturated rings. The van der Waals surface area contributed by atoms with Crippen LogP contribution < -0.4 is 5.32 Å². The van der Waals surface area contributed by atoms with Crippen LogP contribution in [-0.4, -0.2) is 15.5 Å². The van der Waals surface area contributed by atoms with Gasteiger partial charge in [-0.1, -0.05) is 12.1 Å². The number of hydrogen-bond acceptors (Lipinski definition) is 3. The van der Waals surface area contributed by atoms with Crippen LogP contribution in [0.5, 0.6) is 0 Å². The standard InChI is InChI=1S/C17H17N3O2/c1-12(19-17(21)15-7-10-22-11-15)14-3-5-16(6-4-14)20-9-8-18-13(20)2/h3-12H,1-2H3,(H,19,21). The second kappa shape index (κ2) is 5.89. The molecule has 0 spiro atoms. The Morgan fingerprint density at radius 3 is 2.64 bits per heavy atom. The molecule has 1 aromatic carbocycles. The second-order valence-corrected chi connectivity index (χ2v) is 5.14. The van der Waals surface area contributed by atoms with E-state index in [1.165, 1.54) is 12.5 Å². The highest BCUT2D eigenvalue weighted by Gasteiger charge is 2.12. The number of aryl methyl sites for hydroxylation is 1. The van der Waals surface area contributed by atoms with E-state index in [0.29, 0.717) is 5.56 Å². The monoisotopic (exact) mass is 295 g/mol. The third-order valence-corrected chi connectivity index (χ3v) is 3.63. The molecule has 5 heteroatoms. The van der Waals surface area contributed by atoms with Crippen molar-refractivity contribution in [3.63, 3.8) is 0 Å². The second-order valence-electron chi connectivity index (χ2n) is 5.14. The molecular formula is C17H17N3O2. The van der Waals surface area contributed by atoms with E-state index in [2.05, 4.69) is 10.3 Å². The number of carbonyl (C=O) groups is 1. The fourth-order valence-electron chi connectivity index (χ4n) is 2.33. The molecule has 112 valence electrons. The lowest BCUT2D eigenvalue weighted by molar-refractivity contribution is 0.0939. The van der Waals surface area contributed by atoms with E-state index in [1.807, 2.05) is 48.9 Å². The molecule has 1 unspecified atom stereocenters. The molecule has 5 nitrogen and oxygen atoms in total. The van der Waals surface area contributed by atoms with Crippen LogP contribution in [0.1, 0.15) is 34.7 Å². The minimum Gasteiger partial charge on any atom is -0.472 e. The number of hydrogen-bond donors (Lipinski definition) is 1. The van der Waals surface area contributed by atoms with Gasteiger partial charge in [-0.05, 0) is 37.6 Å². The Morgan fingerprint density at radius 2 is 2.05 bits per heavy atom. The maximum absolute atomic E-state index is 12.0. The quantitative estimate of drug-likeness (QED) is 0.803. The first-order valence-corrected chi connectivity index (χ1v) is 7.08. The average Bonchev–Trinajstić information content (AvgIpc) is 3.18. The first-order chi connectivity index (χ1) is 10.6. The maximum atomic E-state index is 12.0. The lowest BCUT2D eigenvalue weighted by Crippen LogP contribution is -2.26. The number of rotatable bonds is 4. The minimum absolute atomic E-state index is 0.0830. The Kier molecular flexibility index (Phi) is 3.78. The molecule has 1 N–H and O–H groups in total. The van der Waals surface area contributed by atoms with Gasteiger partial charge < -0.3 is 14.3 Å². The molecule has 0 aliphatic rings. The molecule has 0 aliphatic carbocycles. The predicted molar refractivity (Wildman–Crippen MR) is 82.9 cm³/mol. The summed E-state index contributed by atoms with van der Waals surface area (Å²) in [5.74, 6) is 0.796. The summed E-state index contributed by atoms with van der Waals surface area (Å²) in [6, 6.07) is 9.62. The van der Waals surface area contributed by atoms with Crippen molar-refractivity contribution in [2.75, 3.05) is 0 Å². The van der Waals surface area contributed by atoms with Gasteiger partial charge in [-0.25, -0.2) is 4.98 Å². The molecule has 2 aromatic heterocycles. The first-order valence-electron chi connectivity index (χ1n) is 7.08. The summed E-state index contributed by atoms with van der Waals surface area (Å²) < 4.78 is 6.93. The van der Waals surface area contributed by atoms with Gasteiger partial charge in [-0.2, -0.15) is 0 Å². The van der Waals surface area contributed by atoms with Crippen molar-refractivity contribution in [2.24, 2.45) is 0 Å². The lowest BCUT2D eigenvalue weighted by Gasteiger charge is -2.14. The number of furan rings is 1. The molecule has 3 aromatic rings. The molecule has 0 bridgehead atoms. The van der Waals surface area contributed by atoms with E-state index in [1.54, 1.807) is 12.3 Å². The highest BCUT2D eigenvalue weighted by molar-refractivity contribution is 5.94. The van der Waals surface area contributed by atoms with Crippen LogP contribution in [0.2, 0.25) is 0 Å². The van der Waals surface area contributed by atoms with Crippen LogP contribution in [0.4, 0.5) is 0 Å². The summed E-state index contributed by atoms with van der Waals surface area (Å²) in [6.45, 7) is 3.91. The van der Waals surface area contributed by atoms with E-state index in [0.717, 1.165) is 17.1 Å². The summed E-state index contributed by atoms with van der Waals surface area (Å²) in [4.78, 5) is 16.2. The summed E-state index contributed by atoms with van der Waals surface area (Å²) >= 11 is 0. The van der Waals surface area contributed by atoms with Crippen LogP contribution in [-0.2, 0) is 0 Å². The van der Waals surface area contributed by atoms with Gasteiger partial charge in [0.2, 0.25) is 0 Å². The van der Waals surface area contributed by atoms with E-state index in [4.69, 9.17) is 4.42 Å². The van der Waals surface area contributed by atoms with Gasteiger partial charge in [0.15, 0.2) is 0 Å². The van der Waals surface area contributed by atoms with Crippen molar-refractivity contribution in [3.05, 3.63) is 72.2 Å². The molecule has 1 atom stereocenters. The van der Waals surface area contributed by atoms with E-state index >= 15 is 0 Å². The highest BCUT2D eigenvalue weighted by atomic mass is 16.3. The topological polar surface area (TPSA) is 60.1 Å². The van der Waals surface area contributed by atoms with Crippen LogP contribution in [0, 0.1) is 6.92 Å². The summed E-state index contributed by atoms with van der Waals surface area (Å²) in [5, 5.41) is 2.95. The molecule has 3 rings (SSSR count). The number of benzene rings is 1. The van der Waals surface area contributed by atoms with Crippen molar-refractivity contribution in [1.82, 2.24) is 14.9 Å². The molecule has 2 heterocycles. The highest BCUT2D eigenvalue weighted by Crippen LogP contribution is 2.17. The molecule has 0 radical (unpaired) electrons. The molecule has 1 amide bonds. The zero-order chi connectivity index (χ0) is 15.5. The van der Waals surface area contributed by atoms with Gasteiger partial charge in [0.05, 0.1) is 17.9 Å². The molecular weight excluding hydrogens is 278 g/mol. The number of carbonyl (C=O) groups excluding carboxylic acids is 1. The van der Waals surface area contributed by atoms with Crippen LogP contribution in [0.3, 0.4) is 0 Å². The van der Waals surface area contributed by atoms with Crippen LogP contribution >= 0.6 is 0 Å². The van der Waals surface area contributed by atoms with Crippen molar-refractivity contribution < 1.29 is 9.21 Å². The molecule has 0 saturated carbocycles. The average molecular weight is 295 g/mol. The van der Waals surface area contributed by atoms with Gasteiger partial charge in [0, 0.05) is 18.1 Å². The maximum Gasteiger partial charge on any atom is 0.255 e. The number of aromatic nitrogens is 2. The molecule has 0 aliphatic heterocycles. The largest absolute Gasteiger partial charge is 0.472 e. The Balaban J connectivity index is 1.72. The fraction of sp³-hybridized carbons (Fsp3) is 0.176. The Labute approximate surface area is 128 Å². The normalized spacial score (nSPS) is 12.1. The third kappa shape index (κ3) is 2.79. The SMILES string of the molecule is Cc1nccn1-c1ccc(C(C)NC(=O)c2ccoc2)cc1. The zero-order valence-electron chi connectivity index (χ0n) is 12.5. The van der Waals surface area contributed by atoms with E-state index in [9.17, 15) is 4.79 Å². The summed E-state index contributed by atoms with van der Waals surface area (Å²) in [5.41, 5.74) is 2.61. The number of amides is 1. The van der Waals surface area contributed by atoms with Crippen molar-refractivity contribution in [1.29, 1.82) is 0 Å². The number of imidazole rings is 1. The van der Waals surface area contributed by atoms with Gasteiger partial charge in [-0.15, -0.1) is 0 Å². The number of nitrogens with one attached hydrogen (secondary N) is 1. The first kappa shape index (κ1) is 14.1. The fourth-order valence-corrected chi connectivity index (χ4v) is 2.33. The van der Waals surface area contributed by atoms with Crippen molar-refractivity contribution in [2.45, 2.75) is 19.9 Å². The van der Waals surface area contributed by atoms with Crippen molar-refractivity contribution in [3.8, 4) is 5.69 Å². The van der Waals surface area contributed by atoms with Crippen molar-refractivity contribution >= 4 is 5.91 Å². The molecule has 22 heavy (non-hydrogen) atoms. The zero-order valence-corrected chi connectivity index (χ0v) is 12.5. The van der Waals surface area contributed by atoms with Gasteiger partial charge in [-0.3, -0.25) is 4.79 Å². The van der Waals surface area contributed by atoms with Gasteiger partial charge in [0.25, 0.3) is 5.91 Å². The number of nitrogens with zero attached hydrogens (tertiary/aromatic N) is 2. The Morgan fingerprint density at radius 1 is 1.27 bits per heavy atom. The summed E-state index contributed by atoms with van der Waals surface area (Å²) in [6.07, 6.45) is 6.63. The van der Waals surface area contributed by atoms with Gasteiger partial charge in [0.1, 0.15) is 12.1 Å². The predicted octanol–water partition coefficient (Wildman–Crippen LogP) is 3.26. The Bertz CT molecular complexity index is 758. The van der Waals surface area contributed by atoms with Gasteiger partial charge >= 0.3 is 0 Å². The van der Waals surface area contributed by atoms with Crippen LogP contribution in [0.25, 0.3) is 5.69 Å². The van der Waals surface area contributed by atoms with E-state index in [-0.39, 0.29) is 11.9 Å². The lowest BCUT2D eigenvalue weighted by atomic mass is 10.1. The van der Waals surface area contributed by atoms with E-state index < -0.39 is 0 Å².